The number of rotatable bonds is 4. The van der Waals surface area contributed by atoms with E-state index in [0.29, 0.717) is 13.0 Å². The van der Waals surface area contributed by atoms with Gasteiger partial charge in [-0.1, -0.05) is 0 Å². The standard InChI is InChI=1S/C9H11NO2/c1-10-6-2-3-7-8(11)4-5-9(7)12/h4-5,7H,1-3,6H2. The zero-order valence-corrected chi connectivity index (χ0v) is 6.82. The lowest BCUT2D eigenvalue weighted by Gasteiger charge is -2.03. The lowest BCUT2D eigenvalue weighted by atomic mass is 9.99. The van der Waals surface area contributed by atoms with E-state index in [1.807, 2.05) is 0 Å². The van der Waals surface area contributed by atoms with E-state index in [4.69, 9.17) is 0 Å². The fraction of sp³-hybridized carbons (Fsp3) is 0.444. The molecule has 3 heteroatoms. The predicted octanol–water partition coefficient (Wildman–Crippen LogP) is 0.791. The number of aliphatic imine (C=N–C) groups is 1. The molecule has 12 heavy (non-hydrogen) atoms. The third-order valence-corrected chi connectivity index (χ3v) is 1.91. The Morgan fingerprint density at radius 3 is 2.42 bits per heavy atom. The van der Waals surface area contributed by atoms with E-state index in [-0.39, 0.29) is 11.6 Å². The summed E-state index contributed by atoms with van der Waals surface area (Å²) in [5.41, 5.74) is 0. The Morgan fingerprint density at radius 1 is 1.33 bits per heavy atom. The van der Waals surface area contributed by atoms with Crippen molar-refractivity contribution in [2.24, 2.45) is 10.9 Å². The topological polar surface area (TPSA) is 46.5 Å². The van der Waals surface area contributed by atoms with E-state index in [1.165, 1.54) is 12.2 Å². The molecule has 64 valence electrons. The highest BCUT2D eigenvalue weighted by Gasteiger charge is 2.26. The summed E-state index contributed by atoms with van der Waals surface area (Å²) >= 11 is 0. The van der Waals surface area contributed by atoms with Crippen LogP contribution in [0.15, 0.2) is 17.1 Å². The summed E-state index contributed by atoms with van der Waals surface area (Å²) in [6, 6.07) is 0. The summed E-state index contributed by atoms with van der Waals surface area (Å²) < 4.78 is 0. The van der Waals surface area contributed by atoms with Crippen molar-refractivity contribution < 1.29 is 9.59 Å². The summed E-state index contributed by atoms with van der Waals surface area (Å²) in [4.78, 5) is 25.7. The zero-order chi connectivity index (χ0) is 8.97. The Labute approximate surface area is 71.2 Å². The first-order valence-electron chi connectivity index (χ1n) is 3.94. The first-order chi connectivity index (χ1) is 5.75. The smallest absolute Gasteiger partial charge is 0.166 e. The van der Waals surface area contributed by atoms with Gasteiger partial charge in [0.05, 0.1) is 5.92 Å². The van der Waals surface area contributed by atoms with Crippen molar-refractivity contribution in [1.29, 1.82) is 0 Å². The van der Waals surface area contributed by atoms with E-state index in [1.54, 1.807) is 0 Å². The lowest BCUT2D eigenvalue weighted by molar-refractivity contribution is -0.125. The Kier molecular flexibility index (Phi) is 2.91. The molecule has 0 aromatic rings. The molecule has 1 rings (SSSR count). The predicted molar refractivity (Wildman–Crippen MR) is 46.3 cm³/mol. The van der Waals surface area contributed by atoms with Crippen molar-refractivity contribution in [3.05, 3.63) is 12.2 Å². The lowest BCUT2D eigenvalue weighted by Crippen LogP contribution is -2.15. The fourth-order valence-electron chi connectivity index (χ4n) is 1.23. The highest BCUT2D eigenvalue weighted by Crippen LogP contribution is 2.16. The molecule has 0 aliphatic heterocycles. The highest BCUT2D eigenvalue weighted by atomic mass is 16.2. The molecule has 0 spiro atoms. The zero-order valence-electron chi connectivity index (χ0n) is 6.82. The third-order valence-electron chi connectivity index (χ3n) is 1.91. The Bertz CT molecular complexity index is 225. The number of hydrogen-bond donors (Lipinski definition) is 0. The van der Waals surface area contributed by atoms with Crippen molar-refractivity contribution in [3.8, 4) is 0 Å². The van der Waals surface area contributed by atoms with E-state index in [9.17, 15) is 9.59 Å². The van der Waals surface area contributed by atoms with Crippen LogP contribution in [0.1, 0.15) is 12.8 Å². The molecule has 0 saturated carbocycles. The largest absolute Gasteiger partial charge is 0.301 e. The number of allylic oxidation sites excluding steroid dienone is 2. The normalized spacial score (nSPS) is 17.3. The van der Waals surface area contributed by atoms with Gasteiger partial charge in [-0.25, -0.2) is 0 Å². The number of hydrogen-bond acceptors (Lipinski definition) is 3. The van der Waals surface area contributed by atoms with Crippen LogP contribution in [-0.4, -0.2) is 24.8 Å². The van der Waals surface area contributed by atoms with Crippen LogP contribution in [-0.2, 0) is 9.59 Å². The molecule has 0 heterocycles. The SMILES string of the molecule is C=NCCCC1C(=O)C=CC1=O. The van der Waals surface area contributed by atoms with E-state index in [0.717, 1.165) is 6.42 Å². The molecule has 0 radical (unpaired) electrons. The van der Waals surface area contributed by atoms with Crippen molar-refractivity contribution in [2.75, 3.05) is 6.54 Å². The Hall–Kier alpha value is -1.25. The van der Waals surface area contributed by atoms with Crippen LogP contribution in [0.4, 0.5) is 0 Å². The van der Waals surface area contributed by atoms with Crippen molar-refractivity contribution in [2.45, 2.75) is 12.8 Å². The summed E-state index contributed by atoms with van der Waals surface area (Å²) in [6.45, 7) is 3.95. The molecule has 0 unspecified atom stereocenters. The molecule has 1 aliphatic carbocycles. The summed E-state index contributed by atoms with van der Waals surface area (Å²) in [7, 11) is 0. The average Bonchev–Trinajstić information content (AvgIpc) is 2.35. The third kappa shape index (κ3) is 1.87. The molecule has 0 amide bonds. The fourth-order valence-corrected chi connectivity index (χ4v) is 1.23. The van der Waals surface area contributed by atoms with Gasteiger partial charge < -0.3 is 4.99 Å². The highest BCUT2D eigenvalue weighted by molar-refractivity contribution is 6.18. The van der Waals surface area contributed by atoms with Gasteiger partial charge in [-0.2, -0.15) is 0 Å². The summed E-state index contributed by atoms with van der Waals surface area (Å²) in [5.74, 6) is -0.556. The van der Waals surface area contributed by atoms with Crippen LogP contribution in [0.5, 0.6) is 0 Å². The van der Waals surface area contributed by atoms with Gasteiger partial charge >= 0.3 is 0 Å². The number of carbonyl (C=O) groups excluding carboxylic acids is 2. The number of nitrogens with zero attached hydrogens (tertiary/aromatic N) is 1. The van der Waals surface area contributed by atoms with Crippen molar-refractivity contribution in [3.63, 3.8) is 0 Å². The molecule has 1 aliphatic rings. The Balaban J connectivity index is 2.37. The van der Waals surface area contributed by atoms with Gasteiger partial charge in [0.1, 0.15) is 0 Å². The molecule has 0 N–H and O–H groups in total. The molecular formula is C9H11NO2. The van der Waals surface area contributed by atoms with Gasteiger partial charge in [0.25, 0.3) is 0 Å². The molecule has 0 bridgehead atoms. The van der Waals surface area contributed by atoms with Crippen LogP contribution in [0.25, 0.3) is 0 Å². The van der Waals surface area contributed by atoms with Gasteiger partial charge in [0.15, 0.2) is 11.6 Å². The van der Waals surface area contributed by atoms with E-state index in [2.05, 4.69) is 11.7 Å². The quantitative estimate of drug-likeness (QED) is 0.351. The van der Waals surface area contributed by atoms with Gasteiger partial charge in [-0.15, -0.1) is 0 Å². The second-order valence-electron chi connectivity index (χ2n) is 2.78. The minimum Gasteiger partial charge on any atom is -0.301 e. The second-order valence-corrected chi connectivity index (χ2v) is 2.78. The molecule has 0 aromatic heterocycles. The van der Waals surface area contributed by atoms with E-state index >= 15 is 0 Å². The minimum atomic E-state index is -0.424. The monoisotopic (exact) mass is 165 g/mol. The van der Waals surface area contributed by atoms with Crippen LogP contribution in [0.3, 0.4) is 0 Å². The van der Waals surface area contributed by atoms with Crippen LogP contribution < -0.4 is 0 Å². The molecule has 0 saturated heterocycles. The summed E-state index contributed by atoms with van der Waals surface area (Å²) in [5, 5.41) is 0. The molecule has 0 atom stereocenters. The van der Waals surface area contributed by atoms with E-state index < -0.39 is 5.92 Å². The first kappa shape index (κ1) is 8.84. The Morgan fingerprint density at radius 2 is 1.92 bits per heavy atom. The van der Waals surface area contributed by atoms with Gasteiger partial charge in [0, 0.05) is 6.54 Å². The van der Waals surface area contributed by atoms with Crippen molar-refractivity contribution >= 4 is 18.3 Å². The second kappa shape index (κ2) is 3.95. The average molecular weight is 165 g/mol. The molecule has 3 nitrogen and oxygen atoms in total. The van der Waals surface area contributed by atoms with Crippen LogP contribution in [0.2, 0.25) is 0 Å². The minimum absolute atomic E-state index is 0.0657. The number of ketones is 2. The van der Waals surface area contributed by atoms with Crippen molar-refractivity contribution in [1.82, 2.24) is 0 Å². The number of carbonyl (C=O) groups is 2. The van der Waals surface area contributed by atoms with Gasteiger partial charge in [-0.05, 0) is 31.7 Å². The first-order valence-corrected chi connectivity index (χ1v) is 3.94. The maximum atomic E-state index is 11.0. The maximum absolute atomic E-state index is 11.0. The summed E-state index contributed by atoms with van der Waals surface area (Å²) in [6.07, 6.45) is 4.07. The molecule has 0 fully saturated rings. The van der Waals surface area contributed by atoms with Gasteiger partial charge in [0.2, 0.25) is 0 Å². The molecular weight excluding hydrogens is 154 g/mol. The van der Waals surface area contributed by atoms with Gasteiger partial charge in [-0.3, -0.25) is 9.59 Å². The van der Waals surface area contributed by atoms with Crippen LogP contribution >= 0.6 is 0 Å². The molecule has 0 aromatic carbocycles. The van der Waals surface area contributed by atoms with Crippen LogP contribution in [0, 0.1) is 5.92 Å². The maximum Gasteiger partial charge on any atom is 0.166 e.